The number of hydrogen-bond acceptors (Lipinski definition) is 4. The van der Waals surface area contributed by atoms with E-state index in [4.69, 9.17) is 0 Å². The summed E-state index contributed by atoms with van der Waals surface area (Å²) in [7, 11) is -1.22. The summed E-state index contributed by atoms with van der Waals surface area (Å²) in [6, 6.07) is 7.31. The molecule has 1 unspecified atom stereocenters. The minimum Gasteiger partial charge on any atom is -0.333 e. The van der Waals surface area contributed by atoms with E-state index in [2.05, 4.69) is 5.10 Å². The van der Waals surface area contributed by atoms with E-state index in [1.54, 1.807) is 16.6 Å². The molecule has 0 N–H and O–H groups in total. The lowest BCUT2D eigenvalue weighted by molar-refractivity contribution is 0.0703. The molecule has 1 amide bonds. The maximum absolute atomic E-state index is 12.9. The molecule has 1 fully saturated rings. The standard InChI is InChI=1S/C15H19N3O3S/c1-3-18(11-8-9-22(20,21)10-11)15(19)14-12-6-4-5-7-13(12)17(2)16-14/h4-7,11H,3,8-10H2,1-2H3. The van der Waals surface area contributed by atoms with E-state index < -0.39 is 9.84 Å². The molecule has 1 saturated heterocycles. The van der Waals surface area contributed by atoms with Crippen LogP contribution in [0.5, 0.6) is 0 Å². The molecule has 22 heavy (non-hydrogen) atoms. The number of aryl methyl sites for hydroxylation is 1. The van der Waals surface area contributed by atoms with Gasteiger partial charge in [0.2, 0.25) is 0 Å². The number of carbonyl (C=O) groups excluding carboxylic acids is 1. The molecule has 1 aliphatic rings. The average molecular weight is 321 g/mol. The summed E-state index contributed by atoms with van der Waals surface area (Å²) in [5.41, 5.74) is 1.28. The maximum atomic E-state index is 12.9. The molecular formula is C15H19N3O3S. The highest BCUT2D eigenvalue weighted by Crippen LogP contribution is 2.23. The van der Waals surface area contributed by atoms with Crippen LogP contribution in [-0.2, 0) is 16.9 Å². The molecule has 0 bridgehead atoms. The second-order valence-electron chi connectivity index (χ2n) is 5.64. The van der Waals surface area contributed by atoms with Crippen LogP contribution in [-0.4, -0.2) is 53.1 Å². The molecule has 1 aromatic heterocycles. The molecule has 0 radical (unpaired) electrons. The summed E-state index contributed by atoms with van der Waals surface area (Å²) in [6.45, 7) is 2.35. The predicted molar refractivity (Wildman–Crippen MR) is 84.5 cm³/mol. The zero-order valence-corrected chi connectivity index (χ0v) is 13.5. The third-order valence-corrected chi connectivity index (χ3v) is 5.96. The molecule has 118 valence electrons. The van der Waals surface area contributed by atoms with Crippen molar-refractivity contribution < 1.29 is 13.2 Å². The number of nitrogens with zero attached hydrogens (tertiary/aromatic N) is 3. The van der Waals surface area contributed by atoms with Crippen molar-refractivity contribution in [2.75, 3.05) is 18.1 Å². The number of rotatable bonds is 3. The van der Waals surface area contributed by atoms with Crippen LogP contribution in [0.2, 0.25) is 0 Å². The fourth-order valence-corrected chi connectivity index (χ4v) is 4.83. The number of carbonyl (C=O) groups is 1. The van der Waals surface area contributed by atoms with Crippen molar-refractivity contribution in [2.24, 2.45) is 7.05 Å². The molecule has 7 heteroatoms. The van der Waals surface area contributed by atoms with Gasteiger partial charge in [-0.3, -0.25) is 9.48 Å². The van der Waals surface area contributed by atoms with Crippen molar-refractivity contribution in [1.82, 2.24) is 14.7 Å². The lowest BCUT2D eigenvalue weighted by atomic mass is 10.1. The van der Waals surface area contributed by atoms with Crippen molar-refractivity contribution in [3.63, 3.8) is 0 Å². The van der Waals surface area contributed by atoms with E-state index in [0.717, 1.165) is 10.9 Å². The van der Waals surface area contributed by atoms with Crippen LogP contribution in [0.1, 0.15) is 23.8 Å². The Morgan fingerprint density at radius 2 is 2.14 bits per heavy atom. The van der Waals surface area contributed by atoms with Crippen LogP contribution in [0.15, 0.2) is 24.3 Å². The highest BCUT2D eigenvalue weighted by Gasteiger charge is 2.35. The molecule has 2 heterocycles. The van der Waals surface area contributed by atoms with Gasteiger partial charge in [-0.2, -0.15) is 5.10 Å². The summed E-state index contributed by atoms with van der Waals surface area (Å²) >= 11 is 0. The number of amides is 1. The summed E-state index contributed by atoms with van der Waals surface area (Å²) in [5.74, 6) is 0.0169. The number of hydrogen-bond donors (Lipinski definition) is 0. The van der Waals surface area contributed by atoms with Gasteiger partial charge >= 0.3 is 0 Å². The smallest absolute Gasteiger partial charge is 0.275 e. The lowest BCUT2D eigenvalue weighted by Gasteiger charge is -2.26. The fourth-order valence-electron chi connectivity index (χ4n) is 3.10. The molecule has 0 saturated carbocycles. The number of fused-ring (bicyclic) bond motifs is 1. The Labute approximate surface area is 129 Å². The van der Waals surface area contributed by atoms with Crippen LogP contribution in [0.4, 0.5) is 0 Å². The molecule has 0 aliphatic carbocycles. The van der Waals surface area contributed by atoms with E-state index in [1.807, 2.05) is 31.2 Å². The molecule has 1 atom stereocenters. The van der Waals surface area contributed by atoms with Crippen molar-refractivity contribution in [2.45, 2.75) is 19.4 Å². The number of benzene rings is 1. The first-order chi connectivity index (χ1) is 10.4. The average Bonchev–Trinajstić information content (AvgIpc) is 3.01. The van der Waals surface area contributed by atoms with Gasteiger partial charge in [-0.15, -0.1) is 0 Å². The minimum atomic E-state index is -3.02. The summed E-state index contributed by atoms with van der Waals surface area (Å²) < 4.78 is 25.0. The molecule has 1 aromatic carbocycles. The fraction of sp³-hybridized carbons (Fsp3) is 0.467. The van der Waals surface area contributed by atoms with Crippen LogP contribution in [0, 0.1) is 0 Å². The normalized spacial score (nSPS) is 20.4. The number of para-hydroxylation sites is 1. The van der Waals surface area contributed by atoms with Gasteiger partial charge in [0.15, 0.2) is 15.5 Å². The van der Waals surface area contributed by atoms with E-state index in [1.165, 1.54) is 0 Å². The van der Waals surface area contributed by atoms with Gasteiger partial charge in [0.1, 0.15) is 0 Å². The first-order valence-corrected chi connectivity index (χ1v) is 9.18. The number of aromatic nitrogens is 2. The Balaban J connectivity index is 1.97. The Hall–Kier alpha value is -1.89. The van der Waals surface area contributed by atoms with Gasteiger partial charge in [0, 0.05) is 25.0 Å². The van der Waals surface area contributed by atoms with E-state index >= 15 is 0 Å². The monoisotopic (exact) mass is 321 g/mol. The van der Waals surface area contributed by atoms with Crippen molar-refractivity contribution >= 4 is 26.6 Å². The molecular weight excluding hydrogens is 302 g/mol. The Bertz CT molecular complexity index is 826. The zero-order chi connectivity index (χ0) is 15.9. The Kier molecular flexibility index (Phi) is 3.68. The molecule has 0 spiro atoms. The van der Waals surface area contributed by atoms with E-state index in [-0.39, 0.29) is 23.5 Å². The van der Waals surface area contributed by atoms with E-state index in [0.29, 0.717) is 18.7 Å². The first-order valence-electron chi connectivity index (χ1n) is 7.36. The summed E-state index contributed by atoms with van der Waals surface area (Å²) in [6.07, 6.45) is 0.507. The molecule has 2 aromatic rings. The van der Waals surface area contributed by atoms with Crippen LogP contribution in [0.25, 0.3) is 10.9 Å². The Morgan fingerprint density at radius 3 is 2.77 bits per heavy atom. The molecule has 6 nitrogen and oxygen atoms in total. The first kappa shape index (κ1) is 15.0. The maximum Gasteiger partial charge on any atom is 0.275 e. The van der Waals surface area contributed by atoms with E-state index in [9.17, 15) is 13.2 Å². The third kappa shape index (κ3) is 2.49. The van der Waals surface area contributed by atoms with Crippen molar-refractivity contribution in [3.05, 3.63) is 30.0 Å². The van der Waals surface area contributed by atoms with Gasteiger partial charge in [-0.05, 0) is 19.4 Å². The highest BCUT2D eigenvalue weighted by molar-refractivity contribution is 7.91. The SMILES string of the molecule is CCN(C(=O)c1nn(C)c2ccccc12)C1CCS(=O)(=O)C1. The van der Waals surface area contributed by atoms with Gasteiger partial charge in [0.05, 0.1) is 17.0 Å². The van der Waals surface area contributed by atoms with Crippen LogP contribution in [0.3, 0.4) is 0 Å². The lowest BCUT2D eigenvalue weighted by Crippen LogP contribution is -2.41. The highest BCUT2D eigenvalue weighted by atomic mass is 32.2. The van der Waals surface area contributed by atoms with Gasteiger partial charge in [-0.25, -0.2) is 8.42 Å². The van der Waals surface area contributed by atoms with Crippen molar-refractivity contribution in [1.29, 1.82) is 0 Å². The van der Waals surface area contributed by atoms with Gasteiger partial charge in [-0.1, -0.05) is 18.2 Å². The number of sulfone groups is 1. The second kappa shape index (κ2) is 5.39. The van der Waals surface area contributed by atoms with Crippen LogP contribution >= 0.6 is 0 Å². The van der Waals surface area contributed by atoms with Crippen LogP contribution < -0.4 is 0 Å². The van der Waals surface area contributed by atoms with Gasteiger partial charge < -0.3 is 4.90 Å². The second-order valence-corrected chi connectivity index (χ2v) is 7.87. The topological polar surface area (TPSA) is 72.3 Å². The Morgan fingerprint density at radius 1 is 1.41 bits per heavy atom. The third-order valence-electron chi connectivity index (χ3n) is 4.21. The summed E-state index contributed by atoms with van der Waals surface area (Å²) in [5, 5.41) is 5.14. The molecule has 3 rings (SSSR count). The van der Waals surface area contributed by atoms with Gasteiger partial charge in [0.25, 0.3) is 5.91 Å². The molecule has 1 aliphatic heterocycles. The minimum absolute atomic E-state index is 0.0529. The summed E-state index contributed by atoms with van der Waals surface area (Å²) in [4.78, 5) is 14.5. The predicted octanol–water partition coefficient (Wildman–Crippen LogP) is 1.22. The van der Waals surface area contributed by atoms with Crippen molar-refractivity contribution in [3.8, 4) is 0 Å². The zero-order valence-electron chi connectivity index (χ0n) is 12.7. The quantitative estimate of drug-likeness (QED) is 0.852. The largest absolute Gasteiger partial charge is 0.333 e.